The second-order valence-electron chi connectivity index (χ2n) is 6.99. The molecule has 13 nitrogen and oxygen atoms in total. The van der Waals surface area contributed by atoms with Gasteiger partial charge in [0.05, 0.1) is 19.8 Å². The molecular formula is C15H26O13. The van der Waals surface area contributed by atoms with Crippen LogP contribution in [-0.2, 0) is 23.7 Å². The molecule has 0 amide bonds. The van der Waals surface area contributed by atoms with E-state index in [9.17, 15) is 40.9 Å². The maximum absolute atomic E-state index is 10.1. The van der Waals surface area contributed by atoms with Crippen molar-refractivity contribution < 1.29 is 64.5 Å². The van der Waals surface area contributed by atoms with Crippen LogP contribution in [0, 0.1) is 0 Å². The number of hydrogen-bond donors (Lipinski definition) is 8. The molecule has 13 heteroatoms. The van der Waals surface area contributed by atoms with Crippen LogP contribution in [0.25, 0.3) is 0 Å². The fourth-order valence-electron chi connectivity index (χ4n) is 3.19. The fourth-order valence-corrected chi connectivity index (χ4v) is 3.19. The van der Waals surface area contributed by atoms with Gasteiger partial charge >= 0.3 is 0 Å². The smallest absolute Gasteiger partial charge is 0.187 e. The minimum absolute atomic E-state index is 0.271. The highest BCUT2D eigenvalue weighted by molar-refractivity contribution is 4.91. The summed E-state index contributed by atoms with van der Waals surface area (Å²) < 4.78 is 25.7. The molecule has 0 aliphatic carbocycles. The monoisotopic (exact) mass is 414 g/mol. The maximum atomic E-state index is 10.1. The zero-order chi connectivity index (χ0) is 20.6. The fraction of sp³-hybridized carbons (Fsp3) is 1.00. The number of hydrogen-bond acceptors (Lipinski definition) is 13. The Hall–Kier alpha value is -0.520. The van der Waals surface area contributed by atoms with E-state index in [0.29, 0.717) is 0 Å². The minimum Gasteiger partial charge on any atom is -0.388 e. The van der Waals surface area contributed by atoms with Crippen LogP contribution in [0.2, 0.25) is 0 Å². The van der Waals surface area contributed by atoms with Gasteiger partial charge in [-0.25, -0.2) is 0 Å². The standard InChI is InChI=1S/C15H26O13/c16-4-1-25-14(9(20)7(4)18)26-3-6-8(19)10(21)15(27-6)28-12-5(17)2-24-13(23)11(12)22/h4-23H,1-3H2/t4-,5-,6+,7+,8+,9-,10-,11-,12+,13-,14+,15+/m0/s1. The quantitative estimate of drug-likeness (QED) is 0.211. The maximum Gasteiger partial charge on any atom is 0.187 e. The summed E-state index contributed by atoms with van der Waals surface area (Å²) >= 11 is 0. The Labute approximate surface area is 159 Å². The molecule has 164 valence electrons. The molecule has 8 N–H and O–H groups in total. The van der Waals surface area contributed by atoms with Gasteiger partial charge in [0.25, 0.3) is 0 Å². The Morgan fingerprint density at radius 2 is 1.32 bits per heavy atom. The van der Waals surface area contributed by atoms with E-state index in [-0.39, 0.29) is 19.8 Å². The van der Waals surface area contributed by atoms with Gasteiger partial charge < -0.3 is 64.5 Å². The van der Waals surface area contributed by atoms with Crippen molar-refractivity contribution in [2.45, 2.75) is 73.8 Å². The van der Waals surface area contributed by atoms with E-state index in [1.54, 1.807) is 0 Å². The third kappa shape index (κ3) is 4.46. The molecule has 3 fully saturated rings. The number of aliphatic hydroxyl groups excluding tert-OH is 8. The Kier molecular flexibility index (Phi) is 7.20. The van der Waals surface area contributed by atoms with Gasteiger partial charge in [-0.05, 0) is 0 Å². The van der Waals surface area contributed by atoms with E-state index in [2.05, 4.69) is 0 Å². The summed E-state index contributed by atoms with van der Waals surface area (Å²) in [5, 5.41) is 78.2. The van der Waals surface area contributed by atoms with Crippen molar-refractivity contribution in [2.24, 2.45) is 0 Å². The van der Waals surface area contributed by atoms with Crippen molar-refractivity contribution in [2.75, 3.05) is 19.8 Å². The molecule has 3 rings (SSSR count). The molecule has 12 atom stereocenters. The number of aliphatic hydroxyl groups is 8. The molecule has 0 radical (unpaired) electrons. The Morgan fingerprint density at radius 1 is 0.679 bits per heavy atom. The molecule has 0 aromatic carbocycles. The lowest BCUT2D eigenvalue weighted by Gasteiger charge is -2.37. The number of rotatable bonds is 5. The summed E-state index contributed by atoms with van der Waals surface area (Å²) in [4.78, 5) is 0. The van der Waals surface area contributed by atoms with Gasteiger partial charge in [-0.2, -0.15) is 0 Å². The zero-order valence-electron chi connectivity index (χ0n) is 14.7. The van der Waals surface area contributed by atoms with E-state index in [0.717, 1.165) is 0 Å². The van der Waals surface area contributed by atoms with Gasteiger partial charge in [-0.3, -0.25) is 0 Å². The van der Waals surface area contributed by atoms with Gasteiger partial charge in [0.2, 0.25) is 0 Å². The van der Waals surface area contributed by atoms with E-state index < -0.39 is 73.8 Å². The second-order valence-corrected chi connectivity index (χ2v) is 6.99. The summed E-state index contributed by atoms with van der Waals surface area (Å²) in [6, 6.07) is 0. The highest BCUT2D eigenvalue weighted by atomic mass is 16.7. The van der Waals surface area contributed by atoms with Gasteiger partial charge in [-0.1, -0.05) is 0 Å². The highest BCUT2D eigenvalue weighted by Gasteiger charge is 2.49. The molecule has 0 spiro atoms. The lowest BCUT2D eigenvalue weighted by molar-refractivity contribution is -0.303. The first-order chi connectivity index (χ1) is 13.2. The largest absolute Gasteiger partial charge is 0.388 e. The first-order valence-corrected chi connectivity index (χ1v) is 8.81. The van der Waals surface area contributed by atoms with E-state index in [1.165, 1.54) is 0 Å². The first kappa shape index (κ1) is 22.2. The molecule has 3 aliphatic heterocycles. The second kappa shape index (κ2) is 9.09. The van der Waals surface area contributed by atoms with Crippen LogP contribution in [0.3, 0.4) is 0 Å². The van der Waals surface area contributed by atoms with Gasteiger partial charge in [0, 0.05) is 0 Å². The van der Waals surface area contributed by atoms with Crippen molar-refractivity contribution in [3.05, 3.63) is 0 Å². The molecule has 0 saturated carbocycles. The third-order valence-electron chi connectivity index (χ3n) is 4.93. The summed E-state index contributed by atoms with van der Waals surface area (Å²) in [5.41, 5.74) is 0. The van der Waals surface area contributed by atoms with Crippen molar-refractivity contribution in [3.8, 4) is 0 Å². The van der Waals surface area contributed by atoms with Crippen molar-refractivity contribution >= 4 is 0 Å². The van der Waals surface area contributed by atoms with Crippen LogP contribution in [0.15, 0.2) is 0 Å². The van der Waals surface area contributed by atoms with Crippen molar-refractivity contribution in [3.63, 3.8) is 0 Å². The van der Waals surface area contributed by atoms with Crippen LogP contribution in [0.4, 0.5) is 0 Å². The molecule has 28 heavy (non-hydrogen) atoms. The molecule has 0 unspecified atom stereocenters. The van der Waals surface area contributed by atoms with Crippen LogP contribution >= 0.6 is 0 Å². The van der Waals surface area contributed by atoms with Crippen LogP contribution in [0.1, 0.15) is 0 Å². The normalized spacial score (nSPS) is 52.7. The van der Waals surface area contributed by atoms with E-state index >= 15 is 0 Å². The average molecular weight is 414 g/mol. The minimum atomic E-state index is -1.61. The summed E-state index contributed by atoms with van der Waals surface area (Å²) in [6.45, 7) is -0.955. The van der Waals surface area contributed by atoms with Crippen LogP contribution < -0.4 is 0 Å². The molecule has 0 bridgehead atoms. The SMILES string of the molecule is O[C@@H]1[C@@H](OC[C@H]2O[C@H](O[C@H]3[C@H](O)[C@@H](O)OC[C@@H]3O)[C@@H](O)[C@@H]2O)OC[C@H](O)[C@H]1O. The Morgan fingerprint density at radius 3 is 2.04 bits per heavy atom. The average Bonchev–Trinajstić information content (AvgIpc) is 2.93. The first-order valence-electron chi connectivity index (χ1n) is 8.81. The van der Waals surface area contributed by atoms with E-state index in [4.69, 9.17) is 23.7 Å². The summed E-state index contributed by atoms with van der Waals surface area (Å²) in [7, 11) is 0. The highest BCUT2D eigenvalue weighted by Crippen LogP contribution is 2.28. The third-order valence-corrected chi connectivity index (χ3v) is 4.93. The lowest BCUT2D eigenvalue weighted by atomic mass is 10.0. The van der Waals surface area contributed by atoms with Gasteiger partial charge in [0.1, 0.15) is 54.9 Å². The van der Waals surface area contributed by atoms with Crippen LogP contribution in [0.5, 0.6) is 0 Å². The van der Waals surface area contributed by atoms with Crippen molar-refractivity contribution in [1.29, 1.82) is 0 Å². The molecular weight excluding hydrogens is 388 g/mol. The molecule has 3 saturated heterocycles. The van der Waals surface area contributed by atoms with Crippen LogP contribution in [-0.4, -0.2) is 134 Å². The zero-order valence-corrected chi connectivity index (χ0v) is 14.7. The topological polar surface area (TPSA) is 208 Å². The summed E-state index contributed by atoms with van der Waals surface area (Å²) in [5.74, 6) is 0. The van der Waals surface area contributed by atoms with Gasteiger partial charge in [0.15, 0.2) is 18.9 Å². The molecule has 0 aromatic heterocycles. The lowest BCUT2D eigenvalue weighted by Crippen LogP contribution is -2.56. The molecule has 3 aliphatic rings. The Balaban J connectivity index is 1.54. The van der Waals surface area contributed by atoms with Crippen molar-refractivity contribution in [1.82, 2.24) is 0 Å². The summed E-state index contributed by atoms with van der Waals surface area (Å²) in [6.07, 6.45) is -17.0. The number of ether oxygens (including phenoxy) is 5. The predicted molar refractivity (Wildman–Crippen MR) is 83.2 cm³/mol. The molecule has 3 heterocycles. The predicted octanol–water partition coefficient (Wildman–Crippen LogP) is -5.66. The van der Waals surface area contributed by atoms with Gasteiger partial charge in [-0.15, -0.1) is 0 Å². The Bertz CT molecular complexity index is 508. The molecule has 0 aromatic rings. The van der Waals surface area contributed by atoms with E-state index in [1.807, 2.05) is 0 Å².